The third-order valence-electron chi connectivity index (χ3n) is 1.59. The molecule has 3 nitrogen and oxygen atoms in total. The summed E-state index contributed by atoms with van der Waals surface area (Å²) in [5, 5.41) is 9.38. The van der Waals surface area contributed by atoms with Crippen molar-refractivity contribution in [3.8, 4) is 5.75 Å². The number of hydrogen-bond acceptors (Lipinski definition) is 3. The van der Waals surface area contributed by atoms with Gasteiger partial charge in [-0.05, 0) is 31.0 Å². The Kier molecular flexibility index (Phi) is 2.26. The van der Waals surface area contributed by atoms with Crippen molar-refractivity contribution in [3.63, 3.8) is 0 Å². The van der Waals surface area contributed by atoms with Gasteiger partial charge in [0.2, 0.25) is 6.08 Å². The van der Waals surface area contributed by atoms with Crippen LogP contribution in [-0.4, -0.2) is 11.2 Å². The van der Waals surface area contributed by atoms with Crippen molar-refractivity contribution in [1.29, 1.82) is 0 Å². The van der Waals surface area contributed by atoms with Crippen LogP contribution in [0.25, 0.3) is 0 Å². The Balaban J connectivity index is 3.36. The summed E-state index contributed by atoms with van der Waals surface area (Å²) in [5.74, 6) is 0.0453. The summed E-state index contributed by atoms with van der Waals surface area (Å²) in [7, 11) is 0. The summed E-state index contributed by atoms with van der Waals surface area (Å²) in [4.78, 5) is 13.3. The van der Waals surface area contributed by atoms with E-state index in [4.69, 9.17) is 0 Å². The number of aliphatic imine (C=N–C) groups is 1. The predicted octanol–water partition coefficient (Wildman–Crippen LogP) is 1.98. The number of carbonyl (C=O) groups excluding carboxylic acids is 1. The van der Waals surface area contributed by atoms with Crippen molar-refractivity contribution in [2.75, 3.05) is 0 Å². The van der Waals surface area contributed by atoms with E-state index >= 15 is 0 Å². The van der Waals surface area contributed by atoms with E-state index in [-0.39, 0.29) is 11.4 Å². The second-order valence-corrected chi connectivity index (χ2v) is 2.65. The SMILES string of the molecule is Cc1cc(C)c(O)c(N=C=O)c1. The molecule has 0 saturated heterocycles. The molecule has 0 aliphatic rings. The number of aromatic hydroxyl groups is 1. The molecule has 0 bridgehead atoms. The van der Waals surface area contributed by atoms with Crippen LogP contribution in [0.15, 0.2) is 17.1 Å². The molecule has 0 saturated carbocycles. The molecule has 0 heterocycles. The van der Waals surface area contributed by atoms with Gasteiger partial charge in [-0.25, -0.2) is 4.79 Å². The lowest BCUT2D eigenvalue weighted by atomic mass is 10.1. The maximum absolute atomic E-state index is 9.95. The zero-order valence-corrected chi connectivity index (χ0v) is 6.96. The van der Waals surface area contributed by atoms with Gasteiger partial charge in [-0.2, -0.15) is 4.99 Å². The number of rotatable bonds is 1. The van der Waals surface area contributed by atoms with Gasteiger partial charge in [0.1, 0.15) is 11.4 Å². The number of benzene rings is 1. The molecule has 0 radical (unpaired) electrons. The molecule has 1 N–H and O–H groups in total. The third-order valence-corrected chi connectivity index (χ3v) is 1.59. The number of phenols is 1. The summed E-state index contributed by atoms with van der Waals surface area (Å²) in [6.45, 7) is 3.63. The molecule has 0 fully saturated rings. The summed E-state index contributed by atoms with van der Waals surface area (Å²) in [6, 6.07) is 3.45. The van der Waals surface area contributed by atoms with Crippen LogP contribution in [-0.2, 0) is 4.79 Å². The maximum atomic E-state index is 9.95. The lowest BCUT2D eigenvalue weighted by Crippen LogP contribution is -1.78. The van der Waals surface area contributed by atoms with E-state index in [0.717, 1.165) is 5.56 Å². The first-order chi connectivity index (χ1) is 5.65. The fourth-order valence-electron chi connectivity index (χ4n) is 1.07. The van der Waals surface area contributed by atoms with Gasteiger partial charge in [-0.1, -0.05) is 6.07 Å². The number of nitrogens with zero attached hydrogens (tertiary/aromatic N) is 1. The van der Waals surface area contributed by atoms with Gasteiger partial charge in [0.15, 0.2) is 0 Å². The molecule has 0 spiro atoms. The van der Waals surface area contributed by atoms with Gasteiger partial charge in [-0.15, -0.1) is 0 Å². The molecule has 0 amide bonds. The Morgan fingerprint density at radius 2 is 2.08 bits per heavy atom. The van der Waals surface area contributed by atoms with Crippen molar-refractivity contribution in [2.45, 2.75) is 13.8 Å². The summed E-state index contributed by atoms with van der Waals surface area (Å²) in [6.07, 6.45) is 1.39. The average Bonchev–Trinajstić information content (AvgIpc) is 2.00. The van der Waals surface area contributed by atoms with Crippen molar-refractivity contribution in [1.82, 2.24) is 0 Å². The molecule has 0 aromatic heterocycles. The van der Waals surface area contributed by atoms with E-state index in [1.54, 1.807) is 13.0 Å². The third kappa shape index (κ3) is 1.52. The number of isocyanates is 1. The van der Waals surface area contributed by atoms with Gasteiger partial charge < -0.3 is 5.11 Å². The standard InChI is InChI=1S/C9H9NO2/c1-6-3-7(2)9(12)8(4-6)10-5-11/h3-4,12H,1-2H3. The Morgan fingerprint density at radius 3 is 2.67 bits per heavy atom. The maximum Gasteiger partial charge on any atom is 0.240 e. The Bertz CT molecular complexity index is 352. The molecule has 1 aromatic carbocycles. The zero-order valence-electron chi connectivity index (χ0n) is 6.96. The summed E-state index contributed by atoms with van der Waals surface area (Å²) in [5.41, 5.74) is 1.95. The van der Waals surface area contributed by atoms with Crippen LogP contribution in [0.1, 0.15) is 11.1 Å². The molecule has 1 rings (SSSR count). The van der Waals surface area contributed by atoms with E-state index in [0.29, 0.717) is 5.56 Å². The minimum atomic E-state index is 0.0453. The Hall–Kier alpha value is -1.60. The van der Waals surface area contributed by atoms with Gasteiger partial charge in [0, 0.05) is 0 Å². The van der Waals surface area contributed by atoms with Crippen LogP contribution in [0, 0.1) is 13.8 Å². The highest BCUT2D eigenvalue weighted by molar-refractivity contribution is 5.61. The quantitative estimate of drug-likeness (QED) is 0.508. The van der Waals surface area contributed by atoms with Crippen LogP contribution in [0.2, 0.25) is 0 Å². The molecule has 3 heteroatoms. The van der Waals surface area contributed by atoms with E-state index in [9.17, 15) is 9.90 Å². The summed E-state index contributed by atoms with van der Waals surface area (Å²) >= 11 is 0. The fourth-order valence-corrected chi connectivity index (χ4v) is 1.07. The molecule has 1 aromatic rings. The van der Waals surface area contributed by atoms with E-state index in [1.165, 1.54) is 6.08 Å². The fraction of sp³-hybridized carbons (Fsp3) is 0.222. The first kappa shape index (κ1) is 8.50. The van der Waals surface area contributed by atoms with Gasteiger partial charge in [-0.3, -0.25) is 0 Å². The molecule has 0 unspecified atom stereocenters. The van der Waals surface area contributed by atoms with Crippen LogP contribution in [0.4, 0.5) is 5.69 Å². The molecule has 62 valence electrons. The molecule has 0 atom stereocenters. The highest BCUT2D eigenvalue weighted by Gasteiger charge is 2.03. The molecular formula is C9H9NO2. The topological polar surface area (TPSA) is 49.7 Å². The van der Waals surface area contributed by atoms with E-state index < -0.39 is 0 Å². The Morgan fingerprint density at radius 1 is 1.42 bits per heavy atom. The molecule has 0 aliphatic heterocycles. The zero-order chi connectivity index (χ0) is 9.14. The average molecular weight is 163 g/mol. The normalized spacial score (nSPS) is 9.17. The number of hydrogen-bond donors (Lipinski definition) is 1. The van der Waals surface area contributed by atoms with E-state index in [1.807, 2.05) is 13.0 Å². The monoisotopic (exact) mass is 163 g/mol. The van der Waals surface area contributed by atoms with Gasteiger partial charge in [0.25, 0.3) is 0 Å². The van der Waals surface area contributed by atoms with Crippen molar-refractivity contribution in [2.24, 2.45) is 4.99 Å². The smallest absolute Gasteiger partial charge is 0.240 e. The van der Waals surface area contributed by atoms with E-state index in [2.05, 4.69) is 4.99 Å². The lowest BCUT2D eigenvalue weighted by Gasteiger charge is -2.02. The van der Waals surface area contributed by atoms with Crippen LogP contribution in [0.3, 0.4) is 0 Å². The van der Waals surface area contributed by atoms with Gasteiger partial charge >= 0.3 is 0 Å². The summed E-state index contributed by atoms with van der Waals surface area (Å²) < 4.78 is 0. The van der Waals surface area contributed by atoms with Gasteiger partial charge in [0.05, 0.1) is 0 Å². The minimum absolute atomic E-state index is 0.0453. The second kappa shape index (κ2) is 3.20. The van der Waals surface area contributed by atoms with Crippen LogP contribution < -0.4 is 0 Å². The predicted molar refractivity (Wildman–Crippen MR) is 45.4 cm³/mol. The highest BCUT2D eigenvalue weighted by Crippen LogP contribution is 2.30. The highest BCUT2D eigenvalue weighted by atomic mass is 16.3. The number of phenolic OH excluding ortho intramolecular Hbond substituents is 1. The Labute approximate surface area is 70.4 Å². The molecule has 0 aliphatic carbocycles. The largest absolute Gasteiger partial charge is 0.505 e. The first-order valence-corrected chi connectivity index (χ1v) is 3.53. The van der Waals surface area contributed by atoms with Crippen LogP contribution >= 0.6 is 0 Å². The first-order valence-electron chi connectivity index (χ1n) is 3.53. The second-order valence-electron chi connectivity index (χ2n) is 2.65. The van der Waals surface area contributed by atoms with Crippen molar-refractivity contribution >= 4 is 11.8 Å². The van der Waals surface area contributed by atoms with Crippen molar-refractivity contribution in [3.05, 3.63) is 23.3 Å². The molecule has 12 heavy (non-hydrogen) atoms. The minimum Gasteiger partial charge on any atom is -0.505 e. The molecular weight excluding hydrogens is 154 g/mol. The van der Waals surface area contributed by atoms with Crippen molar-refractivity contribution < 1.29 is 9.90 Å². The number of aryl methyl sites for hydroxylation is 2. The lowest BCUT2D eigenvalue weighted by molar-refractivity contribution is 0.472. The van der Waals surface area contributed by atoms with Crippen LogP contribution in [0.5, 0.6) is 5.75 Å².